The highest BCUT2D eigenvalue weighted by Crippen LogP contribution is 2.04. The summed E-state index contributed by atoms with van der Waals surface area (Å²) in [5.74, 6) is 0. The van der Waals surface area contributed by atoms with Crippen LogP contribution in [0.25, 0.3) is 0 Å². The van der Waals surface area contributed by atoms with E-state index in [1.807, 2.05) is 19.1 Å². The molecule has 1 saturated heterocycles. The second-order valence-electron chi connectivity index (χ2n) is 2.90. The van der Waals surface area contributed by atoms with Crippen LogP contribution in [0.1, 0.15) is 19.8 Å². The van der Waals surface area contributed by atoms with Crippen LogP contribution in [0, 0.1) is 0 Å². The zero-order valence-corrected chi connectivity index (χ0v) is 7.18. The Labute approximate surface area is 68.6 Å². The number of allylic oxidation sites excluding steroid dienone is 1. The SMILES string of the molecule is C/C=C/COCC1CCCN1. The summed E-state index contributed by atoms with van der Waals surface area (Å²) in [6.07, 6.45) is 6.63. The van der Waals surface area contributed by atoms with E-state index in [-0.39, 0.29) is 0 Å². The van der Waals surface area contributed by atoms with Gasteiger partial charge in [-0.05, 0) is 26.3 Å². The van der Waals surface area contributed by atoms with Crippen LogP contribution >= 0.6 is 0 Å². The van der Waals surface area contributed by atoms with Crippen molar-refractivity contribution in [3.05, 3.63) is 12.2 Å². The van der Waals surface area contributed by atoms with Crippen molar-refractivity contribution in [2.45, 2.75) is 25.8 Å². The first-order valence-corrected chi connectivity index (χ1v) is 4.36. The van der Waals surface area contributed by atoms with Gasteiger partial charge < -0.3 is 10.1 Å². The highest BCUT2D eigenvalue weighted by molar-refractivity contribution is 4.78. The maximum Gasteiger partial charge on any atom is 0.0648 e. The Kier molecular flexibility index (Phi) is 4.24. The first-order valence-electron chi connectivity index (χ1n) is 4.36. The second-order valence-corrected chi connectivity index (χ2v) is 2.90. The van der Waals surface area contributed by atoms with Crippen molar-refractivity contribution in [3.8, 4) is 0 Å². The van der Waals surface area contributed by atoms with Crippen LogP contribution in [0.3, 0.4) is 0 Å². The first kappa shape index (κ1) is 8.75. The zero-order valence-electron chi connectivity index (χ0n) is 7.18. The van der Waals surface area contributed by atoms with Crippen molar-refractivity contribution in [1.29, 1.82) is 0 Å². The van der Waals surface area contributed by atoms with Gasteiger partial charge in [0.15, 0.2) is 0 Å². The van der Waals surface area contributed by atoms with Crippen LogP contribution in [-0.2, 0) is 4.74 Å². The van der Waals surface area contributed by atoms with Crippen molar-refractivity contribution in [1.82, 2.24) is 5.32 Å². The molecule has 1 aliphatic heterocycles. The van der Waals surface area contributed by atoms with Gasteiger partial charge in [0.25, 0.3) is 0 Å². The van der Waals surface area contributed by atoms with Gasteiger partial charge in [0.1, 0.15) is 0 Å². The van der Waals surface area contributed by atoms with E-state index in [1.54, 1.807) is 0 Å². The molecule has 1 aliphatic rings. The molecule has 0 bridgehead atoms. The molecule has 2 nitrogen and oxygen atoms in total. The van der Waals surface area contributed by atoms with E-state index in [0.29, 0.717) is 6.04 Å². The molecule has 0 aromatic carbocycles. The molecular weight excluding hydrogens is 138 g/mol. The van der Waals surface area contributed by atoms with Gasteiger partial charge in [0, 0.05) is 6.04 Å². The molecular formula is C9H17NO. The average molecular weight is 155 g/mol. The van der Waals surface area contributed by atoms with Crippen molar-refractivity contribution >= 4 is 0 Å². The molecule has 1 fully saturated rings. The highest BCUT2D eigenvalue weighted by atomic mass is 16.5. The molecule has 0 amide bonds. The summed E-state index contributed by atoms with van der Waals surface area (Å²) >= 11 is 0. The van der Waals surface area contributed by atoms with Gasteiger partial charge >= 0.3 is 0 Å². The number of hydrogen-bond acceptors (Lipinski definition) is 2. The van der Waals surface area contributed by atoms with Crippen LogP contribution < -0.4 is 5.32 Å². The standard InChI is InChI=1S/C9H17NO/c1-2-3-7-11-8-9-5-4-6-10-9/h2-3,9-10H,4-8H2,1H3/b3-2+. The Hall–Kier alpha value is -0.340. The summed E-state index contributed by atoms with van der Waals surface area (Å²) in [5, 5.41) is 3.38. The quantitative estimate of drug-likeness (QED) is 0.488. The average Bonchev–Trinajstić information content (AvgIpc) is 2.50. The van der Waals surface area contributed by atoms with Gasteiger partial charge in [0.05, 0.1) is 13.2 Å². The van der Waals surface area contributed by atoms with Crippen molar-refractivity contribution < 1.29 is 4.74 Å². The lowest BCUT2D eigenvalue weighted by Gasteiger charge is -2.08. The molecule has 1 atom stereocenters. The number of nitrogens with one attached hydrogen (secondary N) is 1. The predicted molar refractivity (Wildman–Crippen MR) is 46.7 cm³/mol. The van der Waals surface area contributed by atoms with Gasteiger partial charge in [-0.25, -0.2) is 0 Å². The first-order chi connectivity index (χ1) is 5.43. The van der Waals surface area contributed by atoms with Crippen LogP contribution in [0.15, 0.2) is 12.2 Å². The van der Waals surface area contributed by atoms with Crippen LogP contribution in [-0.4, -0.2) is 25.8 Å². The lowest BCUT2D eigenvalue weighted by molar-refractivity contribution is 0.141. The van der Waals surface area contributed by atoms with Gasteiger partial charge in [-0.2, -0.15) is 0 Å². The number of rotatable bonds is 4. The van der Waals surface area contributed by atoms with E-state index in [2.05, 4.69) is 5.32 Å². The molecule has 64 valence electrons. The summed E-state index contributed by atoms with van der Waals surface area (Å²) in [5.41, 5.74) is 0. The van der Waals surface area contributed by atoms with Gasteiger partial charge in [0.2, 0.25) is 0 Å². The Morgan fingerprint density at radius 1 is 1.64 bits per heavy atom. The maximum atomic E-state index is 5.41. The molecule has 0 radical (unpaired) electrons. The van der Waals surface area contributed by atoms with E-state index >= 15 is 0 Å². The Balaban J connectivity index is 1.93. The molecule has 0 aliphatic carbocycles. The normalized spacial score (nSPS) is 25.0. The third-order valence-corrected chi connectivity index (χ3v) is 1.93. The molecule has 0 spiro atoms. The van der Waals surface area contributed by atoms with E-state index in [9.17, 15) is 0 Å². The third kappa shape index (κ3) is 3.54. The highest BCUT2D eigenvalue weighted by Gasteiger charge is 2.12. The summed E-state index contributed by atoms with van der Waals surface area (Å²) in [7, 11) is 0. The molecule has 0 aromatic rings. The fourth-order valence-corrected chi connectivity index (χ4v) is 1.27. The molecule has 1 heterocycles. The van der Waals surface area contributed by atoms with Gasteiger partial charge in [-0.15, -0.1) is 0 Å². The third-order valence-electron chi connectivity index (χ3n) is 1.93. The maximum absolute atomic E-state index is 5.41. The lowest BCUT2D eigenvalue weighted by atomic mass is 10.2. The minimum absolute atomic E-state index is 0.611. The fourth-order valence-electron chi connectivity index (χ4n) is 1.27. The van der Waals surface area contributed by atoms with Crippen LogP contribution in [0.2, 0.25) is 0 Å². The lowest BCUT2D eigenvalue weighted by Crippen LogP contribution is -2.26. The zero-order chi connectivity index (χ0) is 7.94. The predicted octanol–water partition coefficient (Wildman–Crippen LogP) is 1.33. The van der Waals surface area contributed by atoms with E-state index in [4.69, 9.17) is 4.74 Å². The minimum Gasteiger partial charge on any atom is -0.376 e. The Morgan fingerprint density at radius 3 is 3.18 bits per heavy atom. The topological polar surface area (TPSA) is 21.3 Å². The van der Waals surface area contributed by atoms with E-state index in [1.165, 1.54) is 12.8 Å². The molecule has 11 heavy (non-hydrogen) atoms. The fraction of sp³-hybridized carbons (Fsp3) is 0.778. The van der Waals surface area contributed by atoms with Gasteiger partial charge in [-0.1, -0.05) is 12.2 Å². The summed E-state index contributed by atoms with van der Waals surface area (Å²) in [4.78, 5) is 0. The second kappa shape index (κ2) is 5.33. The van der Waals surface area contributed by atoms with Crippen LogP contribution in [0.5, 0.6) is 0 Å². The Morgan fingerprint density at radius 2 is 2.55 bits per heavy atom. The minimum atomic E-state index is 0.611. The number of ether oxygens (including phenoxy) is 1. The summed E-state index contributed by atoms with van der Waals surface area (Å²) in [6, 6.07) is 0.611. The van der Waals surface area contributed by atoms with Crippen molar-refractivity contribution in [2.75, 3.05) is 19.8 Å². The van der Waals surface area contributed by atoms with Crippen molar-refractivity contribution in [3.63, 3.8) is 0 Å². The molecule has 0 aromatic heterocycles. The Bertz CT molecular complexity index is 117. The molecule has 1 N–H and O–H groups in total. The molecule has 2 heteroatoms. The largest absolute Gasteiger partial charge is 0.376 e. The van der Waals surface area contributed by atoms with E-state index in [0.717, 1.165) is 19.8 Å². The smallest absolute Gasteiger partial charge is 0.0648 e. The molecule has 0 saturated carbocycles. The van der Waals surface area contributed by atoms with Crippen LogP contribution in [0.4, 0.5) is 0 Å². The summed E-state index contributed by atoms with van der Waals surface area (Å²) < 4.78 is 5.41. The van der Waals surface area contributed by atoms with Gasteiger partial charge in [-0.3, -0.25) is 0 Å². The molecule has 1 unspecified atom stereocenters. The summed E-state index contributed by atoms with van der Waals surface area (Å²) in [6.45, 7) is 4.80. The van der Waals surface area contributed by atoms with E-state index < -0.39 is 0 Å². The van der Waals surface area contributed by atoms with Crippen molar-refractivity contribution in [2.24, 2.45) is 0 Å². The number of hydrogen-bond donors (Lipinski definition) is 1. The monoisotopic (exact) mass is 155 g/mol. The molecule has 1 rings (SSSR count).